The summed E-state index contributed by atoms with van der Waals surface area (Å²) in [5, 5.41) is 8.85. The number of benzene rings is 1. The maximum absolute atomic E-state index is 11.7. The van der Waals surface area contributed by atoms with Crippen molar-refractivity contribution in [1.82, 2.24) is 34.4 Å². The minimum absolute atomic E-state index is 0.144. The van der Waals surface area contributed by atoms with Crippen molar-refractivity contribution in [3.8, 4) is 33.6 Å². The van der Waals surface area contributed by atoms with Gasteiger partial charge < -0.3 is 4.90 Å². The van der Waals surface area contributed by atoms with Gasteiger partial charge in [-0.05, 0) is 31.4 Å². The van der Waals surface area contributed by atoms with Crippen molar-refractivity contribution in [3.05, 3.63) is 61.4 Å². The number of aryl methyl sites for hydroxylation is 1. The average Bonchev–Trinajstić information content (AvgIpc) is 3.49. The summed E-state index contributed by atoms with van der Waals surface area (Å²) in [6.45, 7) is 4.52. The first kappa shape index (κ1) is 21.1. The molecule has 1 amide bonds. The molecule has 0 N–H and O–H groups in total. The highest BCUT2D eigenvalue weighted by Gasteiger charge is 2.28. The van der Waals surface area contributed by atoms with Gasteiger partial charge in [0.15, 0.2) is 5.82 Å². The molecule has 0 spiro atoms. The van der Waals surface area contributed by atoms with E-state index in [9.17, 15) is 4.79 Å². The summed E-state index contributed by atoms with van der Waals surface area (Å²) in [5.41, 5.74) is 5.03. The van der Waals surface area contributed by atoms with Crippen LogP contribution in [0.2, 0.25) is 0 Å². The van der Waals surface area contributed by atoms with Crippen LogP contribution in [0.3, 0.4) is 0 Å². The van der Waals surface area contributed by atoms with Gasteiger partial charge in [-0.2, -0.15) is 10.2 Å². The van der Waals surface area contributed by atoms with Crippen LogP contribution in [0.5, 0.6) is 0 Å². The molecule has 1 aliphatic heterocycles. The van der Waals surface area contributed by atoms with Crippen molar-refractivity contribution < 1.29 is 4.79 Å². The Hall–Kier alpha value is -3.81. The van der Waals surface area contributed by atoms with E-state index in [0.29, 0.717) is 11.9 Å². The summed E-state index contributed by atoms with van der Waals surface area (Å²) >= 11 is 0. The first-order valence-electron chi connectivity index (χ1n) is 11.2. The normalized spacial score (nSPS) is 18.5. The van der Waals surface area contributed by atoms with Crippen LogP contribution in [-0.2, 0) is 11.8 Å². The number of hydrogen-bond acceptors (Lipinski definition) is 5. The van der Waals surface area contributed by atoms with E-state index < -0.39 is 0 Å². The molecule has 3 aromatic heterocycles. The van der Waals surface area contributed by atoms with Gasteiger partial charge in [-0.15, -0.1) is 0 Å². The van der Waals surface area contributed by atoms with Gasteiger partial charge in [0, 0.05) is 73.6 Å². The summed E-state index contributed by atoms with van der Waals surface area (Å²) in [4.78, 5) is 22.9. The molecule has 8 nitrogen and oxygen atoms in total. The van der Waals surface area contributed by atoms with Crippen LogP contribution < -0.4 is 0 Å². The Kier molecular flexibility index (Phi) is 5.50. The molecule has 0 saturated carbocycles. The molecule has 168 valence electrons. The van der Waals surface area contributed by atoms with Crippen LogP contribution >= 0.6 is 0 Å². The third-order valence-corrected chi connectivity index (χ3v) is 6.37. The lowest BCUT2D eigenvalue weighted by Crippen LogP contribution is -2.44. The van der Waals surface area contributed by atoms with Gasteiger partial charge >= 0.3 is 0 Å². The molecular formula is C25H27N7O. The molecule has 1 aliphatic rings. The van der Waals surface area contributed by atoms with Gasteiger partial charge in [0.05, 0.1) is 18.4 Å². The van der Waals surface area contributed by atoms with Gasteiger partial charge in [0.25, 0.3) is 0 Å². The lowest BCUT2D eigenvalue weighted by Gasteiger charge is -2.37. The lowest BCUT2D eigenvalue weighted by molar-refractivity contribution is -0.132. The van der Waals surface area contributed by atoms with E-state index >= 15 is 0 Å². The number of carbonyl (C=O) groups excluding carboxylic acids is 1. The molecule has 8 heteroatoms. The van der Waals surface area contributed by atoms with Gasteiger partial charge in [0.2, 0.25) is 5.91 Å². The number of rotatable bonds is 4. The van der Waals surface area contributed by atoms with E-state index in [4.69, 9.17) is 0 Å². The Balaban J connectivity index is 1.32. The zero-order valence-electron chi connectivity index (χ0n) is 19.1. The Bertz CT molecular complexity index is 1270. The second kappa shape index (κ2) is 8.61. The first-order valence-corrected chi connectivity index (χ1v) is 11.2. The molecule has 0 aliphatic carbocycles. The number of nitrogens with zero attached hydrogens (tertiary/aromatic N) is 7. The average molecular weight is 442 g/mol. The Labute approximate surface area is 192 Å². The number of carbonyl (C=O) groups is 1. The second-order valence-corrected chi connectivity index (χ2v) is 8.73. The van der Waals surface area contributed by atoms with Crippen LogP contribution in [0.1, 0.15) is 32.7 Å². The fourth-order valence-corrected chi connectivity index (χ4v) is 4.58. The highest BCUT2D eigenvalue weighted by Crippen LogP contribution is 2.29. The number of hydrogen-bond donors (Lipinski definition) is 0. The van der Waals surface area contributed by atoms with Crippen molar-refractivity contribution in [1.29, 1.82) is 0 Å². The van der Waals surface area contributed by atoms with Gasteiger partial charge in [-0.1, -0.05) is 18.2 Å². The summed E-state index contributed by atoms with van der Waals surface area (Å²) in [7, 11) is 1.91. The second-order valence-electron chi connectivity index (χ2n) is 8.73. The molecule has 0 unspecified atom stereocenters. The Morgan fingerprint density at radius 2 is 1.67 bits per heavy atom. The SMILES string of the molecule is CC(=O)N1CC[C@@H](n2cc(-c3cnc(-c4cccc(-c5cnn(C)c5)c4)nc3)cn2)C[C@H]1C. The fourth-order valence-electron chi connectivity index (χ4n) is 4.58. The van der Waals surface area contributed by atoms with Crippen LogP contribution in [0, 0.1) is 0 Å². The third kappa shape index (κ3) is 4.28. The van der Waals surface area contributed by atoms with E-state index in [1.54, 1.807) is 11.6 Å². The minimum Gasteiger partial charge on any atom is -0.340 e. The highest BCUT2D eigenvalue weighted by atomic mass is 16.2. The smallest absolute Gasteiger partial charge is 0.219 e. The van der Waals surface area contributed by atoms with Crippen LogP contribution in [0.25, 0.3) is 33.6 Å². The van der Waals surface area contributed by atoms with Crippen molar-refractivity contribution in [2.24, 2.45) is 7.05 Å². The van der Waals surface area contributed by atoms with Crippen LogP contribution in [-0.4, -0.2) is 52.9 Å². The van der Waals surface area contributed by atoms with Gasteiger partial charge in [-0.25, -0.2) is 9.97 Å². The zero-order valence-corrected chi connectivity index (χ0v) is 19.1. The molecule has 33 heavy (non-hydrogen) atoms. The Morgan fingerprint density at radius 1 is 0.939 bits per heavy atom. The quantitative estimate of drug-likeness (QED) is 0.478. The van der Waals surface area contributed by atoms with Crippen molar-refractivity contribution >= 4 is 5.91 Å². The minimum atomic E-state index is 0.144. The topological polar surface area (TPSA) is 81.7 Å². The first-order chi connectivity index (χ1) is 16.0. The van der Waals surface area contributed by atoms with Gasteiger partial charge in [0.1, 0.15) is 0 Å². The highest BCUT2D eigenvalue weighted by molar-refractivity contribution is 5.73. The zero-order chi connectivity index (χ0) is 22.9. The molecule has 2 atom stereocenters. The molecule has 0 radical (unpaired) electrons. The van der Waals surface area contributed by atoms with E-state index in [1.807, 2.05) is 59.7 Å². The third-order valence-electron chi connectivity index (χ3n) is 6.37. The standard InChI is InChI=1S/C25H27N7O/c1-17-9-24(7-8-31(17)18(2)33)32-16-23(14-29-32)21-11-26-25(27-12-21)20-6-4-5-19(10-20)22-13-28-30(3)15-22/h4-6,10-17,24H,7-9H2,1-3H3/t17-,24-/m1/s1. The largest absolute Gasteiger partial charge is 0.340 e. The van der Waals surface area contributed by atoms with E-state index in [2.05, 4.69) is 45.4 Å². The summed E-state index contributed by atoms with van der Waals surface area (Å²) in [6, 6.07) is 8.68. The number of amides is 1. The van der Waals surface area contributed by atoms with E-state index in [0.717, 1.165) is 47.2 Å². The summed E-state index contributed by atoms with van der Waals surface area (Å²) < 4.78 is 3.81. The maximum atomic E-state index is 11.7. The molecule has 4 heterocycles. The van der Waals surface area contributed by atoms with Crippen molar-refractivity contribution in [2.75, 3.05) is 6.54 Å². The molecular weight excluding hydrogens is 414 g/mol. The molecule has 5 rings (SSSR count). The van der Waals surface area contributed by atoms with Crippen molar-refractivity contribution in [3.63, 3.8) is 0 Å². The van der Waals surface area contributed by atoms with Crippen molar-refractivity contribution in [2.45, 2.75) is 38.8 Å². The number of likely N-dealkylation sites (tertiary alicyclic amines) is 1. The fraction of sp³-hybridized carbons (Fsp3) is 0.320. The van der Waals surface area contributed by atoms with Crippen LogP contribution in [0.15, 0.2) is 61.4 Å². The molecule has 1 saturated heterocycles. The monoisotopic (exact) mass is 441 g/mol. The lowest BCUT2D eigenvalue weighted by atomic mass is 9.98. The summed E-state index contributed by atoms with van der Waals surface area (Å²) in [6.07, 6.45) is 13.3. The maximum Gasteiger partial charge on any atom is 0.219 e. The van der Waals surface area contributed by atoms with Gasteiger partial charge in [-0.3, -0.25) is 14.2 Å². The number of aromatic nitrogens is 6. The molecule has 1 fully saturated rings. The predicted octanol–water partition coefficient (Wildman–Crippen LogP) is 3.98. The summed E-state index contributed by atoms with van der Waals surface area (Å²) in [5.74, 6) is 0.827. The van der Waals surface area contributed by atoms with Crippen LogP contribution in [0.4, 0.5) is 0 Å². The number of piperidine rings is 1. The Morgan fingerprint density at radius 3 is 2.36 bits per heavy atom. The molecule has 4 aromatic rings. The van der Waals surface area contributed by atoms with E-state index in [1.165, 1.54) is 0 Å². The molecule has 1 aromatic carbocycles. The predicted molar refractivity (Wildman–Crippen MR) is 126 cm³/mol. The molecule has 0 bridgehead atoms. The van der Waals surface area contributed by atoms with E-state index in [-0.39, 0.29) is 11.9 Å².